The summed E-state index contributed by atoms with van der Waals surface area (Å²) in [7, 11) is 0. The molecule has 1 aromatic rings. The quantitative estimate of drug-likeness (QED) is 0.607. The number of carbonyl (C=O) groups is 1. The molecule has 1 aromatic carbocycles. The molecule has 0 amide bonds. The first-order valence-electron chi connectivity index (χ1n) is 4.56. The van der Waals surface area contributed by atoms with Crippen LogP contribution in [0.4, 0.5) is 0 Å². The molecule has 0 bridgehead atoms. The van der Waals surface area contributed by atoms with E-state index in [0.29, 0.717) is 18.6 Å². The van der Waals surface area contributed by atoms with Crippen molar-refractivity contribution < 1.29 is 4.79 Å². The van der Waals surface area contributed by atoms with Crippen LogP contribution in [0.15, 0.2) is 33.6 Å². The number of ketones is 1. The Hall–Kier alpha value is -0.720. The first-order chi connectivity index (χ1) is 7.24. The monoisotopic (exact) mass is 282 g/mol. The maximum Gasteiger partial charge on any atom is 0.144 e. The number of Topliss-reactive ketones (excluding diaryl/α,β-unsaturated/α-hetero) is 1. The molecule has 1 rings (SSSR count). The summed E-state index contributed by atoms with van der Waals surface area (Å²) in [6.07, 6.45) is 6.11. The highest BCUT2D eigenvalue weighted by molar-refractivity contribution is 9.10. The van der Waals surface area contributed by atoms with Crippen LogP contribution in [0.3, 0.4) is 0 Å². The molecule has 78 valence electrons. The second-order valence-electron chi connectivity index (χ2n) is 2.96. The van der Waals surface area contributed by atoms with E-state index < -0.39 is 0 Å². The van der Waals surface area contributed by atoms with Gasteiger partial charge in [0.25, 0.3) is 0 Å². The van der Waals surface area contributed by atoms with Crippen LogP contribution in [0, 0.1) is 12.3 Å². The fourth-order valence-corrected chi connectivity index (χ4v) is 2.47. The van der Waals surface area contributed by atoms with Gasteiger partial charge in [0.05, 0.1) is 5.75 Å². The average molecular weight is 283 g/mol. The smallest absolute Gasteiger partial charge is 0.144 e. The van der Waals surface area contributed by atoms with E-state index in [9.17, 15) is 4.79 Å². The van der Waals surface area contributed by atoms with E-state index in [2.05, 4.69) is 21.9 Å². The van der Waals surface area contributed by atoms with Crippen molar-refractivity contribution in [2.24, 2.45) is 0 Å². The van der Waals surface area contributed by atoms with E-state index in [4.69, 9.17) is 6.42 Å². The Kier molecular flexibility index (Phi) is 5.52. The number of hydrogen-bond donors (Lipinski definition) is 0. The van der Waals surface area contributed by atoms with E-state index in [1.54, 1.807) is 11.8 Å². The summed E-state index contributed by atoms with van der Waals surface area (Å²) in [5.74, 6) is 3.16. The van der Waals surface area contributed by atoms with Crippen LogP contribution in [0.2, 0.25) is 0 Å². The molecule has 0 fully saturated rings. The summed E-state index contributed by atoms with van der Waals surface area (Å²) in [5.41, 5.74) is 0. The number of rotatable bonds is 5. The minimum absolute atomic E-state index is 0.203. The van der Waals surface area contributed by atoms with Crippen molar-refractivity contribution >= 4 is 33.5 Å². The lowest BCUT2D eigenvalue weighted by Crippen LogP contribution is -2.00. The van der Waals surface area contributed by atoms with Gasteiger partial charge in [0.1, 0.15) is 5.78 Å². The molecule has 0 atom stereocenters. The van der Waals surface area contributed by atoms with Gasteiger partial charge in [0, 0.05) is 22.2 Å². The Balaban J connectivity index is 2.41. The average Bonchev–Trinajstić information content (AvgIpc) is 2.25. The van der Waals surface area contributed by atoms with Gasteiger partial charge in [-0.05, 0) is 28.1 Å². The highest BCUT2D eigenvalue weighted by atomic mass is 79.9. The molecule has 0 spiro atoms. The van der Waals surface area contributed by atoms with Gasteiger partial charge in [-0.15, -0.1) is 24.1 Å². The van der Waals surface area contributed by atoms with Crippen LogP contribution in [0.5, 0.6) is 0 Å². The first-order valence-corrected chi connectivity index (χ1v) is 6.34. The third-order valence-corrected chi connectivity index (χ3v) is 3.86. The van der Waals surface area contributed by atoms with Gasteiger partial charge < -0.3 is 0 Å². The Bertz CT molecular complexity index is 381. The van der Waals surface area contributed by atoms with E-state index in [1.165, 1.54) is 0 Å². The van der Waals surface area contributed by atoms with E-state index >= 15 is 0 Å². The van der Waals surface area contributed by atoms with Gasteiger partial charge in [-0.2, -0.15) is 0 Å². The number of halogens is 1. The number of benzene rings is 1. The molecule has 0 saturated carbocycles. The highest BCUT2D eigenvalue weighted by Crippen LogP contribution is 2.27. The molecule has 15 heavy (non-hydrogen) atoms. The molecular formula is C12H11BrOS. The number of carbonyl (C=O) groups excluding carboxylic acids is 1. The standard InChI is InChI=1S/C12H11BrOS/c1-2-3-6-10(14)9-15-12-8-5-4-7-11(12)13/h1,4-5,7-8H,3,6,9H2. The summed E-state index contributed by atoms with van der Waals surface area (Å²) in [5, 5.41) is 0. The number of terminal acetylenes is 1. The van der Waals surface area contributed by atoms with Gasteiger partial charge in [-0.3, -0.25) is 4.79 Å². The third-order valence-electron chi connectivity index (χ3n) is 1.77. The molecule has 1 nitrogen and oxygen atoms in total. The molecule has 0 aromatic heterocycles. The summed E-state index contributed by atoms with van der Waals surface area (Å²) in [6, 6.07) is 7.87. The SMILES string of the molecule is C#CCCC(=O)CSc1ccccc1Br. The van der Waals surface area contributed by atoms with Crippen LogP contribution in [-0.2, 0) is 4.79 Å². The van der Waals surface area contributed by atoms with E-state index in [-0.39, 0.29) is 5.78 Å². The van der Waals surface area contributed by atoms with E-state index in [1.807, 2.05) is 24.3 Å². The van der Waals surface area contributed by atoms with Crippen molar-refractivity contribution in [3.63, 3.8) is 0 Å². The Morgan fingerprint density at radius 2 is 2.20 bits per heavy atom. The topological polar surface area (TPSA) is 17.1 Å². The first kappa shape index (κ1) is 12.4. The van der Waals surface area contributed by atoms with Crippen LogP contribution in [-0.4, -0.2) is 11.5 Å². The van der Waals surface area contributed by atoms with Crippen molar-refractivity contribution in [1.29, 1.82) is 0 Å². The molecule has 3 heteroatoms. The lowest BCUT2D eigenvalue weighted by atomic mass is 10.2. The molecule has 0 N–H and O–H groups in total. The van der Waals surface area contributed by atoms with Gasteiger partial charge in [0.15, 0.2) is 0 Å². The molecule has 0 saturated heterocycles. The molecular weight excluding hydrogens is 272 g/mol. The summed E-state index contributed by atoms with van der Waals surface area (Å²) >= 11 is 4.98. The highest BCUT2D eigenvalue weighted by Gasteiger charge is 2.04. The van der Waals surface area contributed by atoms with Crippen molar-refractivity contribution in [1.82, 2.24) is 0 Å². The molecule has 0 unspecified atom stereocenters. The van der Waals surface area contributed by atoms with Crippen molar-refractivity contribution in [2.75, 3.05) is 5.75 Å². The second kappa shape index (κ2) is 6.71. The zero-order valence-electron chi connectivity index (χ0n) is 8.20. The summed E-state index contributed by atoms with van der Waals surface area (Å²) in [6.45, 7) is 0. The lowest BCUT2D eigenvalue weighted by Gasteiger charge is -2.02. The van der Waals surface area contributed by atoms with E-state index in [0.717, 1.165) is 9.37 Å². The zero-order chi connectivity index (χ0) is 11.1. The van der Waals surface area contributed by atoms with Crippen molar-refractivity contribution in [3.8, 4) is 12.3 Å². The molecule has 0 aliphatic heterocycles. The van der Waals surface area contributed by atoms with Gasteiger partial charge in [-0.1, -0.05) is 12.1 Å². The Morgan fingerprint density at radius 1 is 1.47 bits per heavy atom. The predicted molar refractivity (Wildman–Crippen MR) is 67.9 cm³/mol. The van der Waals surface area contributed by atoms with Crippen LogP contribution in [0.1, 0.15) is 12.8 Å². The Morgan fingerprint density at radius 3 is 2.87 bits per heavy atom. The number of thioether (sulfide) groups is 1. The Labute approximate surface area is 103 Å². The number of hydrogen-bond acceptors (Lipinski definition) is 2. The van der Waals surface area contributed by atoms with Crippen LogP contribution in [0.25, 0.3) is 0 Å². The molecule has 0 aliphatic rings. The minimum atomic E-state index is 0.203. The third kappa shape index (κ3) is 4.55. The lowest BCUT2D eigenvalue weighted by molar-refractivity contribution is -0.116. The normalized spacial score (nSPS) is 9.60. The van der Waals surface area contributed by atoms with Crippen LogP contribution < -0.4 is 0 Å². The fourth-order valence-electron chi connectivity index (χ4n) is 1.00. The second-order valence-corrected chi connectivity index (χ2v) is 4.83. The molecule has 0 radical (unpaired) electrons. The van der Waals surface area contributed by atoms with Crippen molar-refractivity contribution in [3.05, 3.63) is 28.7 Å². The summed E-state index contributed by atoms with van der Waals surface area (Å²) in [4.78, 5) is 12.4. The summed E-state index contributed by atoms with van der Waals surface area (Å²) < 4.78 is 1.03. The van der Waals surface area contributed by atoms with Gasteiger partial charge >= 0.3 is 0 Å². The minimum Gasteiger partial charge on any atom is -0.299 e. The van der Waals surface area contributed by atoms with Gasteiger partial charge in [0.2, 0.25) is 0 Å². The molecule has 0 aliphatic carbocycles. The zero-order valence-corrected chi connectivity index (χ0v) is 10.6. The fraction of sp³-hybridized carbons (Fsp3) is 0.250. The maximum absolute atomic E-state index is 11.4. The largest absolute Gasteiger partial charge is 0.299 e. The van der Waals surface area contributed by atoms with Crippen LogP contribution >= 0.6 is 27.7 Å². The maximum atomic E-state index is 11.4. The van der Waals surface area contributed by atoms with Gasteiger partial charge in [-0.25, -0.2) is 0 Å². The molecule has 0 heterocycles. The van der Waals surface area contributed by atoms with Crippen molar-refractivity contribution in [2.45, 2.75) is 17.7 Å². The predicted octanol–water partition coefficient (Wildman–Crippen LogP) is 3.52.